The first kappa shape index (κ1) is 14.0. The number of aliphatic carboxylic acids is 2. The van der Waals surface area contributed by atoms with Gasteiger partial charge in [0.05, 0.1) is 13.2 Å². The lowest BCUT2D eigenvalue weighted by molar-refractivity contribution is -0.356. The number of hydrogen-bond acceptors (Lipinski definition) is 6. The van der Waals surface area contributed by atoms with E-state index >= 15 is 0 Å². The number of hydrogen-bond donors (Lipinski definition) is 0. The third kappa shape index (κ3) is 2.30. The quantitative estimate of drug-likeness (QED) is 0.697. The van der Waals surface area contributed by atoms with Gasteiger partial charge >= 0.3 is 0 Å². The molecular formula is C15H14O6-2. The number of carbonyl (C=O) groups is 2. The van der Waals surface area contributed by atoms with E-state index in [0.29, 0.717) is 0 Å². The summed E-state index contributed by atoms with van der Waals surface area (Å²) in [5, 5.41) is 22.1. The molecule has 2 aliphatic rings. The van der Waals surface area contributed by atoms with Gasteiger partial charge in [0.2, 0.25) is 0 Å². The molecule has 0 N–H and O–H groups in total. The molecule has 6 heteroatoms. The molecule has 0 radical (unpaired) electrons. The van der Waals surface area contributed by atoms with E-state index in [4.69, 9.17) is 9.47 Å². The predicted octanol–water partition coefficient (Wildman–Crippen LogP) is -1.15. The highest BCUT2D eigenvalue weighted by Gasteiger charge is 2.57. The van der Waals surface area contributed by atoms with Crippen LogP contribution in [0, 0.1) is 17.3 Å². The Kier molecular flexibility index (Phi) is 3.43. The van der Waals surface area contributed by atoms with Gasteiger partial charge in [-0.25, -0.2) is 0 Å². The summed E-state index contributed by atoms with van der Waals surface area (Å²) in [6.07, 6.45) is -0.378. The fraction of sp³-hybridized carbons (Fsp3) is 0.467. The van der Waals surface area contributed by atoms with Crippen LogP contribution in [0.2, 0.25) is 0 Å². The van der Waals surface area contributed by atoms with Crippen molar-refractivity contribution in [2.24, 2.45) is 17.3 Å². The van der Waals surface area contributed by atoms with Gasteiger partial charge < -0.3 is 29.3 Å². The topological polar surface area (TPSA) is 98.7 Å². The highest BCUT2D eigenvalue weighted by molar-refractivity contribution is 5.81. The van der Waals surface area contributed by atoms with Crippen molar-refractivity contribution in [3.63, 3.8) is 0 Å². The fourth-order valence-electron chi connectivity index (χ4n) is 3.26. The minimum atomic E-state index is -1.39. The summed E-state index contributed by atoms with van der Waals surface area (Å²) in [4.78, 5) is 22.1. The second kappa shape index (κ2) is 5.13. The molecule has 2 atom stereocenters. The molecule has 0 amide bonds. The van der Waals surface area contributed by atoms with Crippen LogP contribution in [0.1, 0.15) is 18.3 Å². The molecule has 0 aromatic heterocycles. The molecule has 1 saturated carbocycles. The van der Waals surface area contributed by atoms with Crippen LogP contribution in [0.5, 0.6) is 0 Å². The predicted molar refractivity (Wildman–Crippen MR) is 65.1 cm³/mol. The summed E-state index contributed by atoms with van der Waals surface area (Å²) < 4.78 is 11.2. The molecule has 1 spiro atoms. The van der Waals surface area contributed by atoms with E-state index in [2.05, 4.69) is 0 Å². The Morgan fingerprint density at radius 1 is 1.05 bits per heavy atom. The minimum absolute atomic E-state index is 0.134. The van der Waals surface area contributed by atoms with E-state index in [1.807, 2.05) is 30.3 Å². The molecule has 1 aromatic carbocycles. The Morgan fingerprint density at radius 2 is 1.67 bits per heavy atom. The molecule has 1 saturated heterocycles. The number of carbonyl (C=O) groups excluding carboxylic acids is 2. The second-order valence-electron chi connectivity index (χ2n) is 5.65. The van der Waals surface area contributed by atoms with Crippen LogP contribution < -0.4 is 10.2 Å². The van der Waals surface area contributed by atoms with Gasteiger partial charge in [0, 0.05) is 34.8 Å². The van der Waals surface area contributed by atoms with Gasteiger partial charge in [0.25, 0.3) is 0 Å². The Morgan fingerprint density at radius 3 is 2.19 bits per heavy atom. The largest absolute Gasteiger partial charge is 0.550 e. The van der Waals surface area contributed by atoms with Crippen molar-refractivity contribution in [1.29, 1.82) is 0 Å². The average molecular weight is 290 g/mol. The highest BCUT2D eigenvalue weighted by atomic mass is 16.7. The third-order valence-electron chi connectivity index (χ3n) is 4.36. The van der Waals surface area contributed by atoms with E-state index < -0.39 is 35.5 Å². The van der Waals surface area contributed by atoms with E-state index in [1.165, 1.54) is 0 Å². The molecule has 1 heterocycles. The van der Waals surface area contributed by atoms with Crippen LogP contribution in [-0.4, -0.2) is 25.2 Å². The molecule has 1 aliphatic carbocycles. The normalized spacial score (nSPS) is 35.1. The third-order valence-corrected chi connectivity index (χ3v) is 4.36. The van der Waals surface area contributed by atoms with E-state index in [9.17, 15) is 19.8 Å². The lowest BCUT2D eigenvalue weighted by Gasteiger charge is -2.57. The van der Waals surface area contributed by atoms with Gasteiger partial charge in [0.15, 0.2) is 6.29 Å². The Hall–Kier alpha value is -1.92. The number of carboxylic acids is 2. The number of rotatable bonds is 3. The van der Waals surface area contributed by atoms with Gasteiger partial charge in [-0.3, -0.25) is 0 Å². The minimum Gasteiger partial charge on any atom is -0.550 e. The first-order chi connectivity index (χ1) is 10.0. The van der Waals surface area contributed by atoms with Crippen LogP contribution in [0.4, 0.5) is 0 Å². The molecule has 3 rings (SSSR count). The van der Waals surface area contributed by atoms with E-state index in [0.717, 1.165) is 5.56 Å². The Balaban J connectivity index is 1.70. The number of benzene rings is 1. The second-order valence-corrected chi connectivity index (χ2v) is 5.65. The first-order valence-electron chi connectivity index (χ1n) is 6.73. The lowest BCUT2D eigenvalue weighted by atomic mass is 9.54. The SMILES string of the molecule is O=C([O-])[C@@H]1[C@H](C(=O)[O-])CC12COC(c1ccccc1)OC2. The van der Waals surface area contributed by atoms with Gasteiger partial charge in [-0.2, -0.15) is 0 Å². The Labute approximate surface area is 121 Å². The lowest BCUT2D eigenvalue weighted by Crippen LogP contribution is -2.65. The monoisotopic (exact) mass is 290 g/mol. The van der Waals surface area contributed by atoms with Crippen molar-refractivity contribution in [3.05, 3.63) is 35.9 Å². The zero-order chi connectivity index (χ0) is 15.0. The summed E-state index contributed by atoms with van der Waals surface area (Å²) >= 11 is 0. The maximum atomic E-state index is 11.2. The molecule has 2 fully saturated rings. The molecule has 0 unspecified atom stereocenters. The molecule has 0 bridgehead atoms. The number of carboxylic acid groups (broad SMARTS) is 2. The zero-order valence-electron chi connectivity index (χ0n) is 11.2. The van der Waals surface area contributed by atoms with Crippen molar-refractivity contribution in [3.8, 4) is 0 Å². The van der Waals surface area contributed by atoms with Crippen molar-refractivity contribution < 1.29 is 29.3 Å². The van der Waals surface area contributed by atoms with Crippen molar-refractivity contribution >= 4 is 11.9 Å². The molecule has 21 heavy (non-hydrogen) atoms. The van der Waals surface area contributed by atoms with Gasteiger partial charge in [-0.15, -0.1) is 0 Å². The first-order valence-corrected chi connectivity index (χ1v) is 6.73. The van der Waals surface area contributed by atoms with Gasteiger partial charge in [0.1, 0.15) is 0 Å². The van der Waals surface area contributed by atoms with Crippen molar-refractivity contribution in [2.75, 3.05) is 13.2 Å². The number of ether oxygens (including phenoxy) is 2. The van der Waals surface area contributed by atoms with Crippen LogP contribution in [0.15, 0.2) is 30.3 Å². The zero-order valence-corrected chi connectivity index (χ0v) is 11.2. The van der Waals surface area contributed by atoms with Crippen LogP contribution in [0.3, 0.4) is 0 Å². The molecule has 1 aliphatic heterocycles. The standard InChI is InChI=1S/C15H16O6/c16-12(17)10-6-15(11(10)13(18)19)7-20-14(21-8-15)9-4-2-1-3-5-9/h1-5,10-11,14H,6-8H2,(H,16,17)(H,18,19)/p-2/t10-,11+,14?,15?/m1/s1. The Bertz CT molecular complexity index is 547. The maximum absolute atomic E-state index is 11.2. The molecule has 112 valence electrons. The van der Waals surface area contributed by atoms with E-state index in [1.54, 1.807) is 0 Å². The summed E-state index contributed by atoms with van der Waals surface area (Å²) in [7, 11) is 0. The molecular weight excluding hydrogens is 276 g/mol. The van der Waals surface area contributed by atoms with Crippen molar-refractivity contribution in [1.82, 2.24) is 0 Å². The van der Waals surface area contributed by atoms with Crippen molar-refractivity contribution in [2.45, 2.75) is 12.7 Å². The van der Waals surface area contributed by atoms with E-state index in [-0.39, 0.29) is 19.6 Å². The fourth-order valence-corrected chi connectivity index (χ4v) is 3.26. The summed E-state index contributed by atoms with van der Waals surface area (Å²) in [5.41, 5.74) is 0.0163. The summed E-state index contributed by atoms with van der Waals surface area (Å²) in [5.74, 6) is -4.91. The smallest absolute Gasteiger partial charge is 0.183 e. The highest BCUT2D eigenvalue weighted by Crippen LogP contribution is 2.54. The van der Waals surface area contributed by atoms with Gasteiger partial charge in [-0.1, -0.05) is 30.3 Å². The molecule has 1 aromatic rings. The maximum Gasteiger partial charge on any atom is 0.183 e. The summed E-state index contributed by atoms with van der Waals surface area (Å²) in [6, 6.07) is 9.28. The summed E-state index contributed by atoms with van der Waals surface area (Å²) in [6.45, 7) is 0.268. The molecule has 6 nitrogen and oxygen atoms in total. The van der Waals surface area contributed by atoms with Crippen LogP contribution >= 0.6 is 0 Å². The van der Waals surface area contributed by atoms with Crippen LogP contribution in [0.25, 0.3) is 0 Å². The average Bonchev–Trinajstić information content (AvgIpc) is 2.45. The van der Waals surface area contributed by atoms with Gasteiger partial charge in [-0.05, 0) is 6.42 Å². The van der Waals surface area contributed by atoms with Crippen LogP contribution in [-0.2, 0) is 19.1 Å².